The first-order valence-corrected chi connectivity index (χ1v) is 11.9. The van der Waals surface area contributed by atoms with Crippen LogP contribution in [0.25, 0.3) is 0 Å². The van der Waals surface area contributed by atoms with Gasteiger partial charge in [-0.15, -0.1) is 4.72 Å². The van der Waals surface area contributed by atoms with Gasteiger partial charge in [-0.3, -0.25) is 0 Å². The Morgan fingerprint density at radius 3 is 2.50 bits per heavy atom. The van der Waals surface area contributed by atoms with Gasteiger partial charge in [-0.1, -0.05) is 25.4 Å². The quantitative estimate of drug-likeness (QED) is 0.691. The lowest BCUT2D eigenvalue weighted by Gasteiger charge is -2.44. The van der Waals surface area contributed by atoms with Crippen LogP contribution in [0.1, 0.15) is 64.6 Å². The zero-order valence-electron chi connectivity index (χ0n) is 18.1. The van der Waals surface area contributed by atoms with Crippen LogP contribution in [0.15, 0.2) is 12.1 Å². The van der Waals surface area contributed by atoms with Crippen LogP contribution in [-0.4, -0.2) is 40.9 Å². The van der Waals surface area contributed by atoms with Crippen LogP contribution in [0.5, 0.6) is 5.75 Å². The highest BCUT2D eigenvalue weighted by Gasteiger charge is 2.50. The van der Waals surface area contributed by atoms with Gasteiger partial charge < -0.3 is 14.2 Å². The molecule has 1 heterocycles. The molecule has 4 nitrogen and oxygen atoms in total. The zero-order chi connectivity index (χ0) is 20.7. The minimum Gasteiger partial charge on any atom is -0.598 e. The highest BCUT2D eigenvalue weighted by Crippen LogP contribution is 2.54. The highest BCUT2D eigenvalue weighted by atomic mass is 35.5. The van der Waals surface area contributed by atoms with Crippen molar-refractivity contribution in [1.29, 1.82) is 0 Å². The number of benzene rings is 1. The average Bonchev–Trinajstić information content (AvgIpc) is 2.88. The van der Waals surface area contributed by atoms with Gasteiger partial charge in [0.1, 0.15) is 10.5 Å². The second kappa shape index (κ2) is 8.35. The van der Waals surface area contributed by atoms with Gasteiger partial charge in [0.25, 0.3) is 0 Å². The van der Waals surface area contributed by atoms with Crippen LogP contribution in [0.3, 0.4) is 0 Å². The maximum absolute atomic E-state index is 13.0. The molecule has 0 radical (unpaired) electrons. The maximum Gasteiger partial charge on any atom is 0.137 e. The Hall–Kier alpha value is -0.460. The third-order valence-electron chi connectivity index (χ3n) is 6.14. The number of hydrogen-bond donors (Lipinski definition) is 1. The van der Waals surface area contributed by atoms with E-state index in [1.54, 1.807) is 7.11 Å². The van der Waals surface area contributed by atoms with Gasteiger partial charge >= 0.3 is 0 Å². The van der Waals surface area contributed by atoms with Crippen LogP contribution in [0, 0.1) is 11.3 Å². The maximum atomic E-state index is 13.0. The summed E-state index contributed by atoms with van der Waals surface area (Å²) >= 11 is 5.34. The SMILES string of the molecule is COc1cc2c(cc1Cl)[C@H](N[S+]([O-])C(C)(C)C)C1(CCN(CC(C)C)CC1)C2. The molecule has 1 fully saturated rings. The molecular formula is C22H35ClN2O2S. The lowest BCUT2D eigenvalue weighted by Crippen LogP contribution is -2.50. The van der Waals surface area contributed by atoms with Crippen molar-refractivity contribution in [2.24, 2.45) is 11.3 Å². The molecule has 0 amide bonds. The van der Waals surface area contributed by atoms with Crippen molar-refractivity contribution in [1.82, 2.24) is 9.62 Å². The van der Waals surface area contributed by atoms with Crippen LogP contribution >= 0.6 is 11.6 Å². The fourth-order valence-electron chi connectivity index (χ4n) is 4.64. The number of fused-ring (bicyclic) bond motifs is 1. The van der Waals surface area contributed by atoms with E-state index in [0.29, 0.717) is 10.9 Å². The molecule has 1 aromatic carbocycles. The molecule has 2 atom stereocenters. The zero-order valence-corrected chi connectivity index (χ0v) is 19.7. The third kappa shape index (κ3) is 4.49. The predicted molar refractivity (Wildman–Crippen MR) is 118 cm³/mol. The fourth-order valence-corrected chi connectivity index (χ4v) is 5.83. The topological polar surface area (TPSA) is 47.6 Å². The van der Waals surface area contributed by atoms with Crippen molar-refractivity contribution in [3.05, 3.63) is 28.3 Å². The molecule has 1 aromatic rings. The molecule has 2 aliphatic rings. The Balaban J connectivity index is 1.90. The van der Waals surface area contributed by atoms with E-state index >= 15 is 0 Å². The van der Waals surface area contributed by atoms with E-state index in [9.17, 15) is 4.55 Å². The van der Waals surface area contributed by atoms with Gasteiger partial charge in [-0.05, 0) is 82.3 Å². The molecule has 28 heavy (non-hydrogen) atoms. The number of nitrogens with one attached hydrogen (secondary N) is 1. The van der Waals surface area contributed by atoms with Gasteiger partial charge in [0, 0.05) is 23.3 Å². The van der Waals surface area contributed by atoms with Gasteiger partial charge in [-0.2, -0.15) is 0 Å². The normalized spacial score (nSPS) is 23.2. The third-order valence-corrected chi connectivity index (χ3v) is 7.99. The van der Waals surface area contributed by atoms with E-state index in [1.807, 2.05) is 26.8 Å². The summed E-state index contributed by atoms with van der Waals surface area (Å²) in [4.78, 5) is 2.57. The number of ether oxygens (including phenoxy) is 1. The molecule has 1 N–H and O–H groups in total. The number of halogens is 1. The van der Waals surface area contributed by atoms with Crippen LogP contribution in [-0.2, 0) is 17.8 Å². The fraction of sp³-hybridized carbons (Fsp3) is 0.727. The molecule has 1 unspecified atom stereocenters. The lowest BCUT2D eigenvalue weighted by molar-refractivity contribution is 0.0773. The van der Waals surface area contributed by atoms with Crippen LogP contribution in [0.4, 0.5) is 0 Å². The highest BCUT2D eigenvalue weighted by molar-refractivity contribution is 7.90. The van der Waals surface area contributed by atoms with E-state index in [0.717, 1.165) is 44.6 Å². The smallest absolute Gasteiger partial charge is 0.137 e. The first-order valence-electron chi connectivity index (χ1n) is 10.3. The molecule has 0 saturated carbocycles. The number of likely N-dealkylation sites (tertiary alicyclic amines) is 1. The summed E-state index contributed by atoms with van der Waals surface area (Å²) in [6, 6.07) is 4.18. The summed E-state index contributed by atoms with van der Waals surface area (Å²) in [7, 11) is 1.66. The predicted octanol–water partition coefficient (Wildman–Crippen LogP) is 4.74. The van der Waals surface area contributed by atoms with Crippen molar-refractivity contribution in [3.63, 3.8) is 0 Å². The summed E-state index contributed by atoms with van der Waals surface area (Å²) in [6.07, 6.45) is 3.20. The minimum atomic E-state index is -1.13. The van der Waals surface area contributed by atoms with E-state index < -0.39 is 11.4 Å². The summed E-state index contributed by atoms with van der Waals surface area (Å²) in [5, 5.41) is 0.629. The summed E-state index contributed by atoms with van der Waals surface area (Å²) < 4.78 is 21.7. The molecule has 1 aliphatic carbocycles. The van der Waals surface area contributed by atoms with Crippen LogP contribution < -0.4 is 9.46 Å². The Labute approximate surface area is 178 Å². The first kappa shape index (κ1) is 22.2. The van der Waals surface area contributed by atoms with Gasteiger partial charge in [0.2, 0.25) is 0 Å². The molecule has 1 spiro atoms. The Morgan fingerprint density at radius 1 is 1.32 bits per heavy atom. The summed E-state index contributed by atoms with van der Waals surface area (Å²) in [5.41, 5.74) is 2.56. The van der Waals surface area contributed by atoms with Crippen molar-refractivity contribution < 1.29 is 9.29 Å². The number of piperidine rings is 1. The Kier molecular flexibility index (Phi) is 6.63. The van der Waals surface area contributed by atoms with Gasteiger partial charge in [0.05, 0.1) is 18.2 Å². The van der Waals surface area contributed by atoms with Gasteiger partial charge in [0.15, 0.2) is 0 Å². The molecule has 3 rings (SSSR count). The number of hydrogen-bond acceptors (Lipinski definition) is 4. The minimum absolute atomic E-state index is 0.0622. The molecular weight excluding hydrogens is 392 g/mol. The van der Waals surface area contributed by atoms with E-state index in [2.05, 4.69) is 29.5 Å². The molecule has 1 saturated heterocycles. The largest absolute Gasteiger partial charge is 0.598 e. The van der Waals surface area contributed by atoms with Crippen molar-refractivity contribution in [3.8, 4) is 5.75 Å². The van der Waals surface area contributed by atoms with E-state index in [1.165, 1.54) is 11.1 Å². The molecule has 158 valence electrons. The number of rotatable bonds is 5. The van der Waals surface area contributed by atoms with E-state index in [-0.39, 0.29) is 16.2 Å². The first-order chi connectivity index (χ1) is 13.1. The molecule has 0 bridgehead atoms. The lowest BCUT2D eigenvalue weighted by atomic mass is 9.73. The van der Waals surface area contributed by atoms with Crippen molar-refractivity contribution in [2.75, 3.05) is 26.7 Å². The molecule has 1 aliphatic heterocycles. The Bertz CT molecular complexity index is 697. The second-order valence-corrected chi connectivity index (χ2v) is 12.3. The average molecular weight is 427 g/mol. The van der Waals surface area contributed by atoms with Gasteiger partial charge in [-0.25, -0.2) is 0 Å². The second-order valence-electron chi connectivity index (χ2n) is 9.85. The van der Waals surface area contributed by atoms with E-state index in [4.69, 9.17) is 16.3 Å². The summed E-state index contributed by atoms with van der Waals surface area (Å²) in [6.45, 7) is 14.0. The standard InChI is InChI=1S/C22H35ClN2O2S/c1-15(2)14-25-9-7-22(8-10-25)13-16-11-19(27-6)18(23)12-17(16)20(22)24-28(26)21(3,4)5/h11-12,15,20,24H,7-10,13-14H2,1-6H3/t20-,28?/m0/s1. The monoisotopic (exact) mass is 426 g/mol. The molecule has 6 heteroatoms. The van der Waals surface area contributed by atoms with Crippen molar-refractivity contribution in [2.45, 2.75) is 64.7 Å². The number of methoxy groups -OCH3 is 1. The van der Waals surface area contributed by atoms with Crippen LogP contribution in [0.2, 0.25) is 5.02 Å². The van der Waals surface area contributed by atoms with Crippen molar-refractivity contribution >= 4 is 23.0 Å². The summed E-state index contributed by atoms with van der Waals surface area (Å²) in [5.74, 6) is 1.41. The number of nitrogens with zero attached hydrogens (tertiary/aromatic N) is 1. The Morgan fingerprint density at radius 2 is 1.96 bits per heavy atom. The molecule has 0 aromatic heterocycles.